The highest BCUT2D eigenvalue weighted by Gasteiger charge is 2.36. The van der Waals surface area contributed by atoms with Crippen molar-refractivity contribution in [3.63, 3.8) is 0 Å². The number of carboxylic acid groups (broad SMARTS) is 1. The quantitative estimate of drug-likeness (QED) is 0.850. The summed E-state index contributed by atoms with van der Waals surface area (Å²) < 4.78 is 37.7. The number of amidine groups is 1. The van der Waals surface area contributed by atoms with Gasteiger partial charge in [0.1, 0.15) is 6.54 Å². The highest BCUT2D eigenvalue weighted by molar-refractivity contribution is 6.00. The first-order valence-electron chi connectivity index (χ1n) is 6.12. The Morgan fingerprint density at radius 2 is 2.10 bits per heavy atom. The largest absolute Gasteiger partial charge is 0.481 e. The summed E-state index contributed by atoms with van der Waals surface area (Å²) in [6.07, 6.45) is -1.45. The minimum atomic E-state index is -4.48. The lowest BCUT2D eigenvalue weighted by Crippen LogP contribution is -2.46. The second-order valence-electron chi connectivity index (χ2n) is 4.52. The molecule has 0 spiro atoms. The number of carbonyl (C=O) groups excluding carboxylic acids is 1. The predicted octanol–water partition coefficient (Wildman–Crippen LogP) is 1.32. The highest BCUT2D eigenvalue weighted by atomic mass is 19.4. The number of fused-ring (bicyclic) bond motifs is 1. The standard InChI is InChI=1S/C12H12F3N3O3/c13-12(14,15)8-3-4-9-16-18(5-1-2-11(20)21)10(19)7-17(9)6-8/h3-4,6H,1-2,5,7H2,(H,20,21). The Kier molecular flexibility index (Phi) is 4.01. The topological polar surface area (TPSA) is 73.2 Å². The third kappa shape index (κ3) is 3.61. The van der Waals surface area contributed by atoms with Crippen molar-refractivity contribution in [3.8, 4) is 0 Å². The molecule has 0 unspecified atom stereocenters. The van der Waals surface area contributed by atoms with Gasteiger partial charge >= 0.3 is 12.1 Å². The van der Waals surface area contributed by atoms with Gasteiger partial charge in [0.15, 0.2) is 5.84 Å². The summed E-state index contributed by atoms with van der Waals surface area (Å²) in [6, 6.07) is 0. The Morgan fingerprint density at radius 3 is 2.71 bits per heavy atom. The first-order valence-corrected chi connectivity index (χ1v) is 6.12. The number of carboxylic acids is 1. The molecule has 1 N–H and O–H groups in total. The zero-order valence-electron chi connectivity index (χ0n) is 10.8. The monoisotopic (exact) mass is 303 g/mol. The molecule has 0 aromatic carbocycles. The normalized spacial score (nSPS) is 18.3. The van der Waals surface area contributed by atoms with Crippen LogP contribution in [0.5, 0.6) is 0 Å². The first-order chi connectivity index (χ1) is 9.77. The van der Waals surface area contributed by atoms with Gasteiger partial charge < -0.3 is 10.0 Å². The fraction of sp³-hybridized carbons (Fsp3) is 0.417. The van der Waals surface area contributed by atoms with E-state index in [4.69, 9.17) is 5.11 Å². The van der Waals surface area contributed by atoms with Crippen LogP contribution in [0, 0.1) is 0 Å². The summed E-state index contributed by atoms with van der Waals surface area (Å²) in [6.45, 7) is -0.137. The van der Waals surface area contributed by atoms with Crippen molar-refractivity contribution in [2.75, 3.05) is 13.1 Å². The van der Waals surface area contributed by atoms with Crippen LogP contribution >= 0.6 is 0 Å². The minimum absolute atomic E-state index is 0.105. The Bertz CT molecular complexity index is 552. The van der Waals surface area contributed by atoms with Gasteiger partial charge in [0, 0.05) is 19.2 Å². The van der Waals surface area contributed by atoms with Crippen LogP contribution in [0.2, 0.25) is 0 Å². The predicted molar refractivity (Wildman–Crippen MR) is 66.0 cm³/mol. The lowest BCUT2D eigenvalue weighted by molar-refractivity contribution is -0.138. The van der Waals surface area contributed by atoms with Gasteiger partial charge in [-0.3, -0.25) is 9.59 Å². The Labute approximate surface area is 117 Å². The number of hydrogen-bond acceptors (Lipinski definition) is 4. The molecule has 21 heavy (non-hydrogen) atoms. The Hall–Kier alpha value is -2.32. The number of carbonyl (C=O) groups is 2. The van der Waals surface area contributed by atoms with Crippen molar-refractivity contribution >= 4 is 17.7 Å². The van der Waals surface area contributed by atoms with Crippen LogP contribution in [-0.4, -0.2) is 52.0 Å². The molecule has 0 saturated carbocycles. The van der Waals surface area contributed by atoms with E-state index in [-0.39, 0.29) is 31.8 Å². The number of aliphatic carboxylic acids is 1. The van der Waals surface area contributed by atoms with Gasteiger partial charge in [-0.1, -0.05) is 0 Å². The van der Waals surface area contributed by atoms with Crippen LogP contribution in [0.1, 0.15) is 12.8 Å². The van der Waals surface area contributed by atoms with E-state index in [2.05, 4.69) is 5.10 Å². The number of halogens is 3. The van der Waals surface area contributed by atoms with E-state index in [1.165, 1.54) is 6.08 Å². The summed E-state index contributed by atoms with van der Waals surface area (Å²) in [7, 11) is 0. The third-order valence-corrected chi connectivity index (χ3v) is 2.91. The zero-order valence-corrected chi connectivity index (χ0v) is 10.8. The number of alkyl halides is 3. The molecule has 114 valence electrons. The average Bonchev–Trinajstić information content (AvgIpc) is 2.37. The van der Waals surface area contributed by atoms with Crippen molar-refractivity contribution in [1.29, 1.82) is 0 Å². The number of rotatable bonds is 4. The fourth-order valence-corrected chi connectivity index (χ4v) is 1.88. The van der Waals surface area contributed by atoms with Gasteiger partial charge in [0.05, 0.1) is 5.57 Å². The van der Waals surface area contributed by atoms with Gasteiger partial charge in [-0.05, 0) is 18.6 Å². The molecule has 2 rings (SSSR count). The smallest absolute Gasteiger partial charge is 0.417 e. The third-order valence-electron chi connectivity index (χ3n) is 2.91. The molecule has 9 heteroatoms. The second-order valence-corrected chi connectivity index (χ2v) is 4.52. The minimum Gasteiger partial charge on any atom is -0.481 e. The van der Waals surface area contributed by atoms with Crippen molar-refractivity contribution < 1.29 is 27.9 Å². The molecule has 0 fully saturated rings. The molecule has 0 radical (unpaired) electrons. The molecule has 0 bridgehead atoms. The van der Waals surface area contributed by atoms with E-state index < -0.39 is 23.6 Å². The van der Waals surface area contributed by atoms with Crippen LogP contribution in [0.3, 0.4) is 0 Å². The van der Waals surface area contributed by atoms with Gasteiger partial charge in [0.25, 0.3) is 5.91 Å². The van der Waals surface area contributed by atoms with Crippen molar-refractivity contribution in [1.82, 2.24) is 9.91 Å². The maximum absolute atomic E-state index is 12.6. The Morgan fingerprint density at radius 1 is 1.38 bits per heavy atom. The summed E-state index contributed by atoms with van der Waals surface area (Å²) in [5.41, 5.74) is -0.853. The van der Waals surface area contributed by atoms with Gasteiger partial charge in [0.2, 0.25) is 0 Å². The van der Waals surface area contributed by atoms with E-state index in [0.717, 1.165) is 22.2 Å². The van der Waals surface area contributed by atoms with Crippen LogP contribution in [0.4, 0.5) is 13.2 Å². The van der Waals surface area contributed by atoms with E-state index in [9.17, 15) is 22.8 Å². The summed E-state index contributed by atoms with van der Waals surface area (Å²) >= 11 is 0. The molecule has 2 aliphatic rings. The van der Waals surface area contributed by atoms with Crippen LogP contribution in [0.15, 0.2) is 29.0 Å². The van der Waals surface area contributed by atoms with Crippen molar-refractivity contribution in [2.45, 2.75) is 19.0 Å². The lowest BCUT2D eigenvalue weighted by Gasteiger charge is -2.32. The number of hydrogen-bond donors (Lipinski definition) is 1. The van der Waals surface area contributed by atoms with Crippen LogP contribution in [-0.2, 0) is 9.59 Å². The Balaban J connectivity index is 2.08. The van der Waals surface area contributed by atoms with Crippen LogP contribution < -0.4 is 0 Å². The fourth-order valence-electron chi connectivity index (χ4n) is 1.88. The average molecular weight is 303 g/mol. The summed E-state index contributed by atoms with van der Waals surface area (Å²) in [4.78, 5) is 23.3. The molecule has 0 aromatic heterocycles. The number of nitrogens with zero attached hydrogens (tertiary/aromatic N) is 3. The van der Waals surface area contributed by atoms with E-state index in [1.54, 1.807) is 0 Å². The molecule has 1 amide bonds. The summed E-state index contributed by atoms with van der Waals surface area (Å²) in [5, 5.41) is 13.6. The number of allylic oxidation sites excluding steroid dienone is 2. The van der Waals surface area contributed by atoms with Gasteiger partial charge in [-0.2, -0.15) is 18.3 Å². The number of hydrazone groups is 1. The van der Waals surface area contributed by atoms with E-state index in [1.807, 2.05) is 0 Å². The van der Waals surface area contributed by atoms with Crippen LogP contribution in [0.25, 0.3) is 0 Å². The molecular weight excluding hydrogens is 291 g/mol. The zero-order chi connectivity index (χ0) is 15.6. The van der Waals surface area contributed by atoms with Crippen molar-refractivity contribution in [2.24, 2.45) is 5.10 Å². The molecule has 0 aliphatic carbocycles. The lowest BCUT2D eigenvalue weighted by atomic mass is 10.1. The number of amides is 1. The maximum Gasteiger partial charge on any atom is 0.417 e. The van der Waals surface area contributed by atoms with E-state index >= 15 is 0 Å². The van der Waals surface area contributed by atoms with Gasteiger partial charge in [-0.15, -0.1) is 0 Å². The second kappa shape index (κ2) is 5.58. The SMILES string of the molecule is O=C(O)CCCN1N=C2C=CC(C(F)(F)F)=CN2CC1=O. The molecule has 6 nitrogen and oxygen atoms in total. The molecule has 2 heterocycles. The molecular formula is C12H12F3N3O3. The first kappa shape index (κ1) is 15.1. The summed E-state index contributed by atoms with van der Waals surface area (Å²) in [5.74, 6) is -1.24. The maximum atomic E-state index is 12.6. The molecule has 0 aromatic rings. The highest BCUT2D eigenvalue weighted by Crippen LogP contribution is 2.29. The van der Waals surface area contributed by atoms with Gasteiger partial charge in [-0.25, -0.2) is 5.01 Å². The van der Waals surface area contributed by atoms with Crippen molar-refractivity contribution in [3.05, 3.63) is 23.9 Å². The molecule has 2 aliphatic heterocycles. The molecule has 0 atom stereocenters. The van der Waals surface area contributed by atoms with E-state index in [0.29, 0.717) is 0 Å². The molecule has 0 saturated heterocycles.